The first-order chi connectivity index (χ1) is 20.8. The molecule has 1 saturated carbocycles. The van der Waals surface area contributed by atoms with E-state index in [-0.39, 0.29) is 16.2 Å². The normalized spacial score (nSPS) is 17.1. The second-order valence-electron chi connectivity index (χ2n) is 15.9. The third kappa shape index (κ3) is 4.73. The molecule has 0 unspecified atom stereocenters. The molecule has 0 nitrogen and oxygen atoms in total. The van der Waals surface area contributed by atoms with Crippen LogP contribution in [0.2, 0.25) is 0 Å². The van der Waals surface area contributed by atoms with Crippen LogP contribution in [-0.2, 0) is 23.7 Å². The van der Waals surface area contributed by atoms with Gasteiger partial charge in [0.15, 0.2) is 0 Å². The summed E-state index contributed by atoms with van der Waals surface area (Å²) in [5, 5.41) is 0. The van der Waals surface area contributed by atoms with Crippen molar-refractivity contribution >= 4 is 12.2 Å². The maximum atomic E-state index is 2.60. The predicted octanol–water partition coefficient (Wildman–Crippen LogP) is 12.0. The van der Waals surface area contributed by atoms with Crippen molar-refractivity contribution in [2.24, 2.45) is 5.41 Å². The topological polar surface area (TPSA) is 0 Å². The summed E-state index contributed by atoms with van der Waals surface area (Å²) in [4.78, 5) is 0. The van der Waals surface area contributed by atoms with E-state index in [1.165, 1.54) is 86.0 Å². The molecular weight excluding hydrogens is 528 g/mol. The molecule has 4 aromatic carbocycles. The monoisotopic (exact) mass is 576 g/mol. The van der Waals surface area contributed by atoms with Gasteiger partial charge in [-0.2, -0.15) is 0 Å². The summed E-state index contributed by atoms with van der Waals surface area (Å²) in [5.41, 5.74) is 20.8. The van der Waals surface area contributed by atoms with Crippen LogP contribution in [0.5, 0.6) is 0 Å². The molecule has 3 aliphatic carbocycles. The molecule has 0 atom stereocenters. The van der Waals surface area contributed by atoms with Crippen molar-refractivity contribution in [3.05, 3.63) is 128 Å². The van der Waals surface area contributed by atoms with Gasteiger partial charge in [0.05, 0.1) is 0 Å². The molecule has 3 aliphatic rings. The summed E-state index contributed by atoms with van der Waals surface area (Å²) in [6, 6.07) is 28.2. The number of allylic oxidation sites excluding steroid dienone is 2. The van der Waals surface area contributed by atoms with Crippen LogP contribution in [0.15, 0.2) is 83.9 Å². The Bertz CT molecular complexity index is 1720. The Kier molecular flexibility index (Phi) is 6.74. The average molecular weight is 577 g/mol. The van der Waals surface area contributed by atoms with Gasteiger partial charge in [-0.15, -0.1) is 0 Å². The van der Waals surface area contributed by atoms with Crippen molar-refractivity contribution < 1.29 is 0 Å². The molecule has 7 rings (SSSR count). The molecule has 0 saturated heterocycles. The van der Waals surface area contributed by atoms with E-state index in [9.17, 15) is 0 Å². The van der Waals surface area contributed by atoms with Crippen LogP contribution in [-0.4, -0.2) is 0 Å². The zero-order chi connectivity index (χ0) is 31.0. The Hall–Kier alpha value is -3.64. The molecule has 0 bridgehead atoms. The van der Waals surface area contributed by atoms with E-state index < -0.39 is 0 Å². The van der Waals surface area contributed by atoms with E-state index >= 15 is 0 Å². The minimum absolute atomic E-state index is 0.159. The Morgan fingerprint density at radius 2 is 0.955 bits per heavy atom. The molecular formula is C44H48. The lowest BCUT2D eigenvalue weighted by Crippen LogP contribution is -2.34. The minimum Gasteiger partial charge on any atom is -0.0613 e. The number of hydrogen-bond donors (Lipinski definition) is 0. The fourth-order valence-electron chi connectivity index (χ4n) is 8.06. The Labute approximate surface area is 266 Å². The first kappa shape index (κ1) is 29.1. The number of rotatable bonds is 4. The SMILES string of the molecule is Cc1cc(C(C)(C)C)ccc1-c1cccc2c1C=C(C1(C3=Cc4c(cccc4-c4ccc(C(C)(C)C)cc4C)C3)CCC1)C2. The maximum Gasteiger partial charge on any atom is 0.0134 e. The highest BCUT2D eigenvalue weighted by Gasteiger charge is 2.46. The molecule has 0 spiro atoms. The minimum atomic E-state index is 0.159. The number of benzene rings is 4. The van der Waals surface area contributed by atoms with Crippen molar-refractivity contribution in [1.29, 1.82) is 0 Å². The van der Waals surface area contributed by atoms with Crippen LogP contribution in [0, 0.1) is 19.3 Å². The smallest absolute Gasteiger partial charge is 0.0134 e. The molecule has 0 radical (unpaired) electrons. The van der Waals surface area contributed by atoms with Crippen molar-refractivity contribution in [1.82, 2.24) is 0 Å². The van der Waals surface area contributed by atoms with Gasteiger partial charge in [0.2, 0.25) is 0 Å². The highest BCUT2D eigenvalue weighted by atomic mass is 14.5. The van der Waals surface area contributed by atoms with E-state index in [2.05, 4.69) is 140 Å². The van der Waals surface area contributed by atoms with E-state index in [0.717, 1.165) is 12.8 Å². The third-order valence-electron chi connectivity index (χ3n) is 11.0. The van der Waals surface area contributed by atoms with Crippen molar-refractivity contribution in [3.63, 3.8) is 0 Å². The predicted molar refractivity (Wildman–Crippen MR) is 190 cm³/mol. The largest absolute Gasteiger partial charge is 0.0613 e. The molecule has 0 heteroatoms. The van der Waals surface area contributed by atoms with E-state index in [4.69, 9.17) is 0 Å². The molecule has 0 N–H and O–H groups in total. The van der Waals surface area contributed by atoms with Crippen LogP contribution in [0.1, 0.15) is 105 Å². The number of fused-ring (bicyclic) bond motifs is 2. The Morgan fingerprint density at radius 3 is 1.30 bits per heavy atom. The molecule has 44 heavy (non-hydrogen) atoms. The van der Waals surface area contributed by atoms with Crippen LogP contribution in [0.25, 0.3) is 34.4 Å². The van der Waals surface area contributed by atoms with E-state index in [1.807, 2.05) is 0 Å². The molecule has 1 fully saturated rings. The lowest BCUT2D eigenvalue weighted by atomic mass is 9.59. The molecule has 0 heterocycles. The quantitative estimate of drug-likeness (QED) is 0.227. The summed E-state index contributed by atoms with van der Waals surface area (Å²) < 4.78 is 0. The van der Waals surface area contributed by atoms with Crippen molar-refractivity contribution in [3.8, 4) is 22.3 Å². The summed E-state index contributed by atoms with van der Waals surface area (Å²) in [6.07, 6.45) is 11.2. The van der Waals surface area contributed by atoms with Crippen molar-refractivity contribution in [2.75, 3.05) is 0 Å². The van der Waals surface area contributed by atoms with Crippen LogP contribution in [0.4, 0.5) is 0 Å². The molecule has 0 amide bonds. The first-order valence-electron chi connectivity index (χ1n) is 16.7. The van der Waals surface area contributed by atoms with Gasteiger partial charge < -0.3 is 0 Å². The summed E-state index contributed by atoms with van der Waals surface area (Å²) in [5.74, 6) is 0. The zero-order valence-electron chi connectivity index (χ0n) is 28.1. The molecule has 4 aromatic rings. The Balaban J connectivity index is 1.26. The highest BCUT2D eigenvalue weighted by molar-refractivity contribution is 5.86. The van der Waals surface area contributed by atoms with E-state index in [1.54, 1.807) is 11.1 Å². The highest BCUT2D eigenvalue weighted by Crippen LogP contribution is 2.59. The lowest BCUT2D eigenvalue weighted by molar-refractivity contribution is 0.235. The van der Waals surface area contributed by atoms with Gasteiger partial charge in [0, 0.05) is 5.41 Å². The Morgan fingerprint density at radius 1 is 0.523 bits per heavy atom. The van der Waals surface area contributed by atoms with Gasteiger partial charge in [0.25, 0.3) is 0 Å². The molecule has 0 aliphatic heterocycles. The van der Waals surface area contributed by atoms with Gasteiger partial charge in [-0.3, -0.25) is 0 Å². The van der Waals surface area contributed by atoms with Gasteiger partial charge in [0.1, 0.15) is 0 Å². The average Bonchev–Trinajstić information content (AvgIpc) is 3.56. The summed E-state index contributed by atoms with van der Waals surface area (Å²) >= 11 is 0. The zero-order valence-corrected chi connectivity index (χ0v) is 28.1. The van der Waals surface area contributed by atoms with Crippen molar-refractivity contribution in [2.45, 2.75) is 98.3 Å². The fourth-order valence-corrected chi connectivity index (χ4v) is 8.06. The maximum absolute atomic E-state index is 2.60. The summed E-state index contributed by atoms with van der Waals surface area (Å²) in [6.45, 7) is 18.4. The summed E-state index contributed by atoms with van der Waals surface area (Å²) in [7, 11) is 0. The lowest BCUT2D eigenvalue weighted by Gasteiger charge is -2.45. The van der Waals surface area contributed by atoms with Gasteiger partial charge in [-0.25, -0.2) is 0 Å². The second-order valence-corrected chi connectivity index (χ2v) is 15.9. The van der Waals surface area contributed by atoms with Gasteiger partial charge in [-0.05, 0) is 117 Å². The van der Waals surface area contributed by atoms with Crippen LogP contribution in [0.3, 0.4) is 0 Å². The van der Waals surface area contributed by atoms with Crippen LogP contribution >= 0.6 is 0 Å². The fraction of sp³-hybridized carbons (Fsp3) is 0.364. The number of aryl methyl sites for hydroxylation is 2. The standard InChI is InChI=1S/C44H48/c1-28-22-32(42(3,4)5)16-18-36(28)38-14-9-12-30-24-34(26-40(30)38)44(20-11-21-44)35-25-31-13-10-15-39(41(31)27-35)37-19-17-33(23-29(37)2)43(6,7)8/h9-10,12-19,22-23,26-27H,11,20-21,24-25H2,1-8H3. The number of hydrogen-bond acceptors (Lipinski definition) is 0. The molecule has 224 valence electrons. The molecule has 0 aromatic heterocycles. The third-order valence-corrected chi connectivity index (χ3v) is 11.0. The first-order valence-corrected chi connectivity index (χ1v) is 16.7. The van der Waals surface area contributed by atoms with Gasteiger partial charge in [-0.1, -0.05) is 144 Å². The second kappa shape index (κ2) is 10.2. The van der Waals surface area contributed by atoms with Crippen LogP contribution < -0.4 is 0 Å². The van der Waals surface area contributed by atoms with Gasteiger partial charge >= 0.3 is 0 Å². The van der Waals surface area contributed by atoms with E-state index in [0.29, 0.717) is 0 Å².